The number of fused-ring (bicyclic) bond motifs is 1. The molecule has 5 rings (SSSR count). The normalized spacial score (nSPS) is 21.5. The average molecular weight is 455 g/mol. The highest BCUT2D eigenvalue weighted by Gasteiger charge is 2.48. The summed E-state index contributed by atoms with van der Waals surface area (Å²) >= 11 is 0. The highest BCUT2D eigenvalue weighted by Crippen LogP contribution is 2.49. The van der Waals surface area contributed by atoms with E-state index in [1.165, 1.54) is 0 Å². The van der Waals surface area contributed by atoms with Crippen molar-refractivity contribution in [3.63, 3.8) is 0 Å². The van der Waals surface area contributed by atoms with Gasteiger partial charge in [0, 0.05) is 42.7 Å². The molecule has 0 saturated heterocycles. The highest BCUT2D eigenvalue weighted by molar-refractivity contribution is 5.95. The van der Waals surface area contributed by atoms with Crippen molar-refractivity contribution in [1.82, 2.24) is 10.3 Å². The Bertz CT molecular complexity index is 1200. The van der Waals surface area contributed by atoms with E-state index in [9.17, 15) is 9.59 Å². The van der Waals surface area contributed by atoms with Crippen LogP contribution in [0.2, 0.25) is 0 Å². The van der Waals surface area contributed by atoms with E-state index in [2.05, 4.69) is 29.7 Å². The lowest BCUT2D eigenvalue weighted by molar-refractivity contribution is -0.117. The third-order valence-corrected chi connectivity index (χ3v) is 7.03. The number of hydrogen-bond donors (Lipinski definition) is 2. The van der Waals surface area contributed by atoms with E-state index < -0.39 is 0 Å². The van der Waals surface area contributed by atoms with E-state index in [0.717, 1.165) is 41.2 Å². The molecular formula is C28H30N4O2. The molecule has 2 amide bonds. The quantitative estimate of drug-likeness (QED) is 0.566. The topological polar surface area (TPSA) is 74.3 Å². The lowest BCUT2D eigenvalue weighted by atomic mass is 9.81. The third-order valence-electron chi connectivity index (χ3n) is 7.03. The van der Waals surface area contributed by atoms with Crippen molar-refractivity contribution in [2.45, 2.75) is 38.8 Å². The minimum absolute atomic E-state index is 0.0244. The Morgan fingerprint density at radius 1 is 0.971 bits per heavy atom. The summed E-state index contributed by atoms with van der Waals surface area (Å²) in [7, 11) is 1.62. The van der Waals surface area contributed by atoms with E-state index in [1.54, 1.807) is 14.0 Å². The number of nitrogens with zero attached hydrogens (tertiary/aromatic N) is 2. The van der Waals surface area contributed by atoms with Crippen molar-refractivity contribution < 1.29 is 9.59 Å². The van der Waals surface area contributed by atoms with Crippen molar-refractivity contribution in [3.8, 4) is 11.3 Å². The lowest BCUT2D eigenvalue weighted by Crippen LogP contribution is -2.51. The SMILES string of the molecule is CNC(=O)c1ccc(-c2ccc3c(n2)[C@H](Nc2ccccc2)C(C)C(C2CC2)N3C(C)=O)cc1. The van der Waals surface area contributed by atoms with E-state index in [0.29, 0.717) is 11.5 Å². The molecule has 6 nitrogen and oxygen atoms in total. The number of aromatic nitrogens is 1. The van der Waals surface area contributed by atoms with E-state index in [4.69, 9.17) is 4.98 Å². The summed E-state index contributed by atoms with van der Waals surface area (Å²) in [6, 6.07) is 21.8. The Balaban J connectivity index is 1.59. The van der Waals surface area contributed by atoms with Gasteiger partial charge in [0.25, 0.3) is 5.91 Å². The maximum Gasteiger partial charge on any atom is 0.251 e. The van der Waals surface area contributed by atoms with Gasteiger partial charge in [0.2, 0.25) is 5.91 Å². The molecule has 2 unspecified atom stereocenters. The Morgan fingerprint density at radius 2 is 1.68 bits per heavy atom. The Labute approximate surface area is 200 Å². The third kappa shape index (κ3) is 4.04. The van der Waals surface area contributed by atoms with Crippen LogP contribution < -0.4 is 15.5 Å². The molecule has 0 spiro atoms. The first-order valence-electron chi connectivity index (χ1n) is 11.9. The molecule has 6 heteroatoms. The molecule has 1 saturated carbocycles. The van der Waals surface area contributed by atoms with Gasteiger partial charge >= 0.3 is 0 Å². The van der Waals surface area contributed by atoms with E-state index in [-0.39, 0.29) is 29.8 Å². The van der Waals surface area contributed by atoms with Crippen molar-refractivity contribution >= 4 is 23.2 Å². The second kappa shape index (κ2) is 8.93. The van der Waals surface area contributed by atoms with Gasteiger partial charge in [-0.25, -0.2) is 4.98 Å². The first-order valence-corrected chi connectivity index (χ1v) is 11.9. The monoisotopic (exact) mass is 454 g/mol. The van der Waals surface area contributed by atoms with Crippen LogP contribution in [0.1, 0.15) is 48.8 Å². The number of benzene rings is 2. The van der Waals surface area contributed by atoms with Crippen LogP contribution in [0.15, 0.2) is 66.7 Å². The Kier molecular flexibility index (Phi) is 5.82. The highest BCUT2D eigenvalue weighted by atomic mass is 16.2. The van der Waals surface area contributed by atoms with Gasteiger partial charge in [-0.2, -0.15) is 0 Å². The Morgan fingerprint density at radius 3 is 2.29 bits per heavy atom. The van der Waals surface area contributed by atoms with E-state index >= 15 is 0 Å². The molecule has 1 fully saturated rings. The molecule has 1 aliphatic carbocycles. The van der Waals surface area contributed by atoms with Gasteiger partial charge in [-0.1, -0.05) is 37.3 Å². The summed E-state index contributed by atoms with van der Waals surface area (Å²) in [4.78, 5) is 31.8. The summed E-state index contributed by atoms with van der Waals surface area (Å²) < 4.78 is 0. The van der Waals surface area contributed by atoms with Gasteiger partial charge in [0.1, 0.15) is 0 Å². The van der Waals surface area contributed by atoms with Gasteiger partial charge in [-0.3, -0.25) is 9.59 Å². The smallest absolute Gasteiger partial charge is 0.251 e. The molecular weight excluding hydrogens is 424 g/mol. The van der Waals surface area contributed by atoms with Gasteiger partial charge in [0.15, 0.2) is 0 Å². The fraction of sp³-hybridized carbons (Fsp3) is 0.321. The van der Waals surface area contributed by atoms with Gasteiger partial charge in [-0.05, 0) is 55.2 Å². The summed E-state index contributed by atoms with van der Waals surface area (Å²) in [5, 5.41) is 6.36. The second-order valence-electron chi connectivity index (χ2n) is 9.32. The number of nitrogens with one attached hydrogen (secondary N) is 2. The fourth-order valence-corrected chi connectivity index (χ4v) is 5.21. The molecule has 34 heavy (non-hydrogen) atoms. The molecule has 3 atom stereocenters. The zero-order chi connectivity index (χ0) is 23.8. The van der Waals surface area contributed by atoms with Crippen molar-refractivity contribution in [2.24, 2.45) is 11.8 Å². The molecule has 3 aromatic rings. The number of carbonyl (C=O) groups is 2. The van der Waals surface area contributed by atoms with Crippen LogP contribution in [0.25, 0.3) is 11.3 Å². The lowest BCUT2D eigenvalue weighted by Gasteiger charge is -2.45. The van der Waals surface area contributed by atoms with E-state index in [1.807, 2.05) is 59.5 Å². The van der Waals surface area contributed by atoms with Crippen molar-refractivity contribution in [2.75, 3.05) is 17.3 Å². The maximum atomic E-state index is 12.8. The standard InChI is InChI=1S/C28H30N4O2/c1-17-25(30-22-7-5-4-6-8-22)26-24(32(18(2)33)27(17)20-11-12-20)16-15-23(31-26)19-9-13-21(14-10-19)28(34)29-3/h4-10,13-17,20,25,27,30H,11-12H2,1-3H3,(H,29,34)/t17?,25-,27?/m1/s1. The van der Waals surface area contributed by atoms with Gasteiger partial charge < -0.3 is 15.5 Å². The molecule has 0 radical (unpaired) electrons. The predicted molar refractivity (Wildman–Crippen MR) is 135 cm³/mol. The van der Waals surface area contributed by atoms with Crippen molar-refractivity contribution in [3.05, 3.63) is 78.0 Å². The number of rotatable bonds is 5. The first kappa shape index (κ1) is 22.1. The first-order chi connectivity index (χ1) is 16.5. The number of anilines is 2. The molecule has 2 aliphatic rings. The largest absolute Gasteiger partial charge is 0.376 e. The van der Waals surface area contributed by atoms with Crippen LogP contribution in [0.4, 0.5) is 11.4 Å². The zero-order valence-corrected chi connectivity index (χ0v) is 19.8. The minimum atomic E-state index is -0.117. The molecule has 1 aliphatic heterocycles. The molecule has 1 aromatic heterocycles. The van der Waals surface area contributed by atoms with Crippen LogP contribution in [0.5, 0.6) is 0 Å². The van der Waals surface area contributed by atoms with Crippen LogP contribution in [0, 0.1) is 11.8 Å². The Hall–Kier alpha value is -3.67. The molecule has 174 valence electrons. The summed E-state index contributed by atoms with van der Waals surface area (Å²) in [6.07, 6.45) is 2.32. The summed E-state index contributed by atoms with van der Waals surface area (Å²) in [5.41, 5.74) is 5.18. The van der Waals surface area contributed by atoms with Gasteiger partial charge in [0.05, 0.1) is 23.1 Å². The number of hydrogen-bond acceptors (Lipinski definition) is 4. The van der Waals surface area contributed by atoms with Crippen LogP contribution in [0.3, 0.4) is 0 Å². The number of amides is 2. The molecule has 2 N–H and O–H groups in total. The van der Waals surface area contributed by atoms with Crippen LogP contribution in [-0.4, -0.2) is 29.9 Å². The summed E-state index contributed by atoms with van der Waals surface area (Å²) in [5.74, 6) is 0.674. The molecule has 2 aromatic carbocycles. The minimum Gasteiger partial charge on any atom is -0.376 e. The van der Waals surface area contributed by atoms with Crippen LogP contribution in [-0.2, 0) is 4.79 Å². The van der Waals surface area contributed by atoms with Crippen LogP contribution >= 0.6 is 0 Å². The van der Waals surface area contributed by atoms with Gasteiger partial charge in [-0.15, -0.1) is 0 Å². The molecule has 2 heterocycles. The maximum absolute atomic E-state index is 12.8. The average Bonchev–Trinajstić information content (AvgIpc) is 3.70. The number of para-hydroxylation sites is 1. The predicted octanol–water partition coefficient (Wildman–Crippen LogP) is 5.04. The zero-order valence-electron chi connectivity index (χ0n) is 19.8. The second-order valence-corrected chi connectivity index (χ2v) is 9.32. The molecule has 0 bridgehead atoms. The number of carbonyl (C=O) groups excluding carboxylic acids is 2. The van der Waals surface area contributed by atoms with Crippen molar-refractivity contribution in [1.29, 1.82) is 0 Å². The number of pyridine rings is 1. The fourth-order valence-electron chi connectivity index (χ4n) is 5.21. The summed E-state index contributed by atoms with van der Waals surface area (Å²) in [6.45, 7) is 3.89.